The summed E-state index contributed by atoms with van der Waals surface area (Å²) >= 11 is 0. The van der Waals surface area contributed by atoms with Gasteiger partial charge in [0, 0.05) is 19.3 Å². The van der Waals surface area contributed by atoms with Crippen LogP contribution in [0.25, 0.3) is 0 Å². The number of hydrogen-bond donors (Lipinski definition) is 1. The van der Waals surface area contributed by atoms with Gasteiger partial charge in [0.25, 0.3) is 0 Å². The highest BCUT2D eigenvalue weighted by Gasteiger charge is 2.11. The van der Waals surface area contributed by atoms with Crippen molar-refractivity contribution >= 4 is 11.5 Å². The summed E-state index contributed by atoms with van der Waals surface area (Å²) in [6.45, 7) is 5.73. The Bertz CT molecular complexity index is 584. The minimum atomic E-state index is -0.244. The number of benzene rings is 1. The van der Waals surface area contributed by atoms with Crippen LogP contribution in [0.2, 0.25) is 0 Å². The van der Waals surface area contributed by atoms with Crippen molar-refractivity contribution in [2.24, 2.45) is 0 Å². The van der Waals surface area contributed by atoms with Crippen molar-refractivity contribution < 1.29 is 4.39 Å². The largest absolute Gasteiger partial charge is 0.327 e. The number of nitrogens with zero attached hydrogens (tertiary/aromatic N) is 2. The van der Waals surface area contributed by atoms with Crippen LogP contribution in [0, 0.1) is 12.7 Å². The lowest BCUT2D eigenvalue weighted by Crippen LogP contribution is -2.16. The van der Waals surface area contributed by atoms with Crippen molar-refractivity contribution in [1.82, 2.24) is 10.3 Å². The van der Waals surface area contributed by atoms with Gasteiger partial charge in [-0.1, -0.05) is 19.1 Å². The highest BCUT2D eigenvalue weighted by molar-refractivity contribution is 5.60. The van der Waals surface area contributed by atoms with Gasteiger partial charge in [-0.05, 0) is 43.3 Å². The third-order valence-electron chi connectivity index (χ3n) is 3.14. The molecular weight excluding hydrogens is 253 g/mol. The van der Waals surface area contributed by atoms with Crippen molar-refractivity contribution in [3.63, 3.8) is 0 Å². The van der Waals surface area contributed by atoms with Crippen molar-refractivity contribution in [2.75, 3.05) is 18.5 Å². The molecule has 0 fully saturated rings. The predicted octanol–water partition coefficient (Wildman–Crippen LogP) is 3.41. The summed E-state index contributed by atoms with van der Waals surface area (Å²) in [6, 6.07) is 10.8. The number of para-hydroxylation sites is 1. The molecule has 0 aliphatic carbocycles. The molecule has 1 aromatic heterocycles. The highest BCUT2D eigenvalue weighted by Crippen LogP contribution is 2.25. The highest BCUT2D eigenvalue weighted by atomic mass is 19.1. The first-order valence-corrected chi connectivity index (χ1v) is 6.78. The van der Waals surface area contributed by atoms with Crippen LogP contribution in [0.3, 0.4) is 0 Å². The fraction of sp³-hybridized carbons (Fsp3) is 0.312. The smallest absolute Gasteiger partial charge is 0.146 e. The van der Waals surface area contributed by atoms with Gasteiger partial charge in [0.15, 0.2) is 0 Å². The SMILES string of the molecule is CCNCc1cc(C)nc(N(C)c2ccccc2F)c1. The maximum Gasteiger partial charge on any atom is 0.146 e. The molecule has 1 heterocycles. The van der Waals surface area contributed by atoms with Gasteiger partial charge in [0.05, 0.1) is 5.69 Å². The van der Waals surface area contributed by atoms with Crippen molar-refractivity contribution in [3.8, 4) is 0 Å². The first-order valence-electron chi connectivity index (χ1n) is 6.78. The van der Waals surface area contributed by atoms with E-state index in [2.05, 4.69) is 17.2 Å². The van der Waals surface area contributed by atoms with E-state index < -0.39 is 0 Å². The van der Waals surface area contributed by atoms with Crippen LogP contribution in [-0.4, -0.2) is 18.6 Å². The Labute approximate surface area is 119 Å². The molecule has 2 rings (SSSR count). The van der Waals surface area contributed by atoms with Crippen LogP contribution >= 0.6 is 0 Å². The molecule has 0 radical (unpaired) electrons. The maximum absolute atomic E-state index is 13.8. The molecule has 0 unspecified atom stereocenters. The number of pyridine rings is 1. The minimum absolute atomic E-state index is 0.244. The van der Waals surface area contributed by atoms with Gasteiger partial charge < -0.3 is 10.2 Å². The lowest BCUT2D eigenvalue weighted by molar-refractivity contribution is 0.627. The van der Waals surface area contributed by atoms with Crippen LogP contribution < -0.4 is 10.2 Å². The Morgan fingerprint density at radius 1 is 1.25 bits per heavy atom. The first kappa shape index (κ1) is 14.5. The second kappa shape index (κ2) is 6.48. The molecule has 0 aliphatic rings. The lowest BCUT2D eigenvalue weighted by Gasteiger charge is -2.20. The molecule has 1 N–H and O–H groups in total. The third kappa shape index (κ3) is 3.33. The van der Waals surface area contributed by atoms with E-state index in [1.165, 1.54) is 6.07 Å². The van der Waals surface area contributed by atoms with Crippen LogP contribution in [0.4, 0.5) is 15.9 Å². The molecule has 0 bridgehead atoms. The minimum Gasteiger partial charge on any atom is -0.327 e. The Balaban J connectivity index is 2.32. The third-order valence-corrected chi connectivity index (χ3v) is 3.14. The standard InChI is InChI=1S/C16H20FN3/c1-4-18-11-13-9-12(2)19-16(10-13)20(3)15-8-6-5-7-14(15)17/h5-10,18H,4,11H2,1-3H3. The fourth-order valence-corrected chi connectivity index (χ4v) is 2.11. The second-order valence-corrected chi connectivity index (χ2v) is 4.77. The number of aryl methyl sites for hydroxylation is 1. The van der Waals surface area contributed by atoms with Crippen LogP contribution in [0.5, 0.6) is 0 Å². The summed E-state index contributed by atoms with van der Waals surface area (Å²) in [5.41, 5.74) is 2.61. The van der Waals surface area contributed by atoms with Gasteiger partial charge in [0.1, 0.15) is 11.6 Å². The summed E-state index contributed by atoms with van der Waals surface area (Å²) in [7, 11) is 1.83. The number of hydrogen-bond acceptors (Lipinski definition) is 3. The van der Waals surface area contributed by atoms with E-state index in [0.29, 0.717) is 5.69 Å². The van der Waals surface area contributed by atoms with E-state index in [1.54, 1.807) is 17.0 Å². The molecule has 0 saturated carbocycles. The van der Waals surface area contributed by atoms with Crippen LogP contribution in [0.15, 0.2) is 36.4 Å². The Morgan fingerprint density at radius 2 is 2.00 bits per heavy atom. The van der Waals surface area contributed by atoms with E-state index in [4.69, 9.17) is 0 Å². The zero-order valence-electron chi connectivity index (χ0n) is 12.2. The molecule has 0 saturated heterocycles. The molecular formula is C16H20FN3. The average Bonchev–Trinajstić information content (AvgIpc) is 2.44. The molecule has 106 valence electrons. The molecule has 0 atom stereocenters. The Hall–Kier alpha value is -1.94. The van der Waals surface area contributed by atoms with Gasteiger partial charge in [-0.15, -0.1) is 0 Å². The zero-order chi connectivity index (χ0) is 14.5. The molecule has 2 aromatic rings. The van der Waals surface area contributed by atoms with Gasteiger partial charge in [-0.2, -0.15) is 0 Å². The Kier molecular flexibility index (Phi) is 4.69. The molecule has 0 amide bonds. The maximum atomic E-state index is 13.8. The van der Waals surface area contributed by atoms with E-state index in [9.17, 15) is 4.39 Å². The van der Waals surface area contributed by atoms with E-state index in [0.717, 1.165) is 30.2 Å². The van der Waals surface area contributed by atoms with Gasteiger partial charge in [-0.3, -0.25) is 0 Å². The van der Waals surface area contributed by atoms with Crippen molar-refractivity contribution in [3.05, 3.63) is 53.5 Å². The van der Waals surface area contributed by atoms with E-state index >= 15 is 0 Å². The number of rotatable bonds is 5. The normalized spacial score (nSPS) is 10.6. The van der Waals surface area contributed by atoms with Crippen LogP contribution in [-0.2, 0) is 6.54 Å². The molecule has 1 aromatic carbocycles. The summed E-state index contributed by atoms with van der Waals surface area (Å²) in [6.07, 6.45) is 0. The topological polar surface area (TPSA) is 28.2 Å². The van der Waals surface area contributed by atoms with E-state index in [-0.39, 0.29) is 5.82 Å². The van der Waals surface area contributed by atoms with Gasteiger partial charge >= 0.3 is 0 Å². The fourth-order valence-electron chi connectivity index (χ4n) is 2.11. The molecule has 4 heteroatoms. The summed E-state index contributed by atoms with van der Waals surface area (Å²) in [4.78, 5) is 6.27. The second-order valence-electron chi connectivity index (χ2n) is 4.77. The zero-order valence-corrected chi connectivity index (χ0v) is 12.2. The summed E-state index contributed by atoms with van der Waals surface area (Å²) in [5.74, 6) is 0.509. The number of anilines is 2. The van der Waals surface area contributed by atoms with Crippen LogP contribution in [0.1, 0.15) is 18.2 Å². The van der Waals surface area contributed by atoms with Gasteiger partial charge in [-0.25, -0.2) is 9.37 Å². The van der Waals surface area contributed by atoms with Crippen molar-refractivity contribution in [2.45, 2.75) is 20.4 Å². The molecule has 3 nitrogen and oxygen atoms in total. The average molecular weight is 273 g/mol. The lowest BCUT2D eigenvalue weighted by atomic mass is 10.2. The number of halogens is 1. The number of aromatic nitrogens is 1. The monoisotopic (exact) mass is 273 g/mol. The molecule has 0 aliphatic heterocycles. The van der Waals surface area contributed by atoms with Gasteiger partial charge in [0.2, 0.25) is 0 Å². The van der Waals surface area contributed by atoms with Crippen molar-refractivity contribution in [1.29, 1.82) is 0 Å². The quantitative estimate of drug-likeness (QED) is 0.905. The molecule has 20 heavy (non-hydrogen) atoms. The predicted molar refractivity (Wildman–Crippen MR) is 80.8 cm³/mol. The first-order chi connectivity index (χ1) is 9.61. The molecule has 0 spiro atoms. The van der Waals surface area contributed by atoms with E-state index in [1.807, 2.05) is 32.2 Å². The Morgan fingerprint density at radius 3 is 2.70 bits per heavy atom. The number of nitrogens with one attached hydrogen (secondary N) is 1. The summed E-state index contributed by atoms with van der Waals surface area (Å²) < 4.78 is 13.8. The summed E-state index contributed by atoms with van der Waals surface area (Å²) in [5, 5.41) is 3.29.